The molecule has 1 heterocycles. The van der Waals surface area contributed by atoms with E-state index < -0.39 is 0 Å². The predicted molar refractivity (Wildman–Crippen MR) is 75.4 cm³/mol. The lowest BCUT2D eigenvalue weighted by molar-refractivity contribution is -0.137. The molecule has 0 aliphatic carbocycles. The molecule has 0 bridgehead atoms. The predicted octanol–water partition coefficient (Wildman–Crippen LogP) is 1.30. The maximum absolute atomic E-state index is 12.4. The lowest BCUT2D eigenvalue weighted by Crippen LogP contribution is -2.50. The fraction of sp³-hybridized carbons (Fsp3) is 0.929. The van der Waals surface area contributed by atoms with Crippen molar-refractivity contribution in [3.8, 4) is 0 Å². The second-order valence-electron chi connectivity index (χ2n) is 6.35. The Morgan fingerprint density at radius 1 is 1.33 bits per heavy atom. The number of hydrogen-bond acceptors (Lipinski definition) is 3. The molecule has 1 aliphatic rings. The summed E-state index contributed by atoms with van der Waals surface area (Å²) in [6.45, 7) is 9.63. The zero-order chi connectivity index (χ0) is 13.8. The SMILES string of the molecule is CC(C(=O)N1CCCCC1)N(C)CC(C)(C)CN. The fourth-order valence-corrected chi connectivity index (χ4v) is 2.44. The monoisotopic (exact) mass is 255 g/mol. The van der Waals surface area contributed by atoms with Crippen molar-refractivity contribution in [1.82, 2.24) is 9.80 Å². The van der Waals surface area contributed by atoms with Gasteiger partial charge in [-0.3, -0.25) is 9.69 Å². The lowest BCUT2D eigenvalue weighted by atomic mass is 9.92. The van der Waals surface area contributed by atoms with Crippen molar-refractivity contribution in [1.29, 1.82) is 0 Å². The van der Waals surface area contributed by atoms with Crippen molar-refractivity contribution in [2.24, 2.45) is 11.1 Å². The van der Waals surface area contributed by atoms with Gasteiger partial charge in [-0.15, -0.1) is 0 Å². The zero-order valence-electron chi connectivity index (χ0n) is 12.4. The summed E-state index contributed by atoms with van der Waals surface area (Å²) in [5, 5.41) is 0. The van der Waals surface area contributed by atoms with Crippen LogP contribution in [-0.4, -0.2) is 55.0 Å². The van der Waals surface area contributed by atoms with Gasteiger partial charge in [0.2, 0.25) is 5.91 Å². The molecule has 4 nitrogen and oxygen atoms in total. The van der Waals surface area contributed by atoms with Crippen molar-refractivity contribution >= 4 is 5.91 Å². The van der Waals surface area contributed by atoms with Gasteiger partial charge >= 0.3 is 0 Å². The Kier molecular flexibility index (Phi) is 5.60. The van der Waals surface area contributed by atoms with Crippen molar-refractivity contribution in [3.63, 3.8) is 0 Å². The van der Waals surface area contributed by atoms with Crippen molar-refractivity contribution in [2.75, 3.05) is 33.2 Å². The van der Waals surface area contributed by atoms with Crippen LogP contribution in [0.2, 0.25) is 0 Å². The molecule has 0 spiro atoms. The Labute approximate surface area is 111 Å². The highest BCUT2D eigenvalue weighted by atomic mass is 16.2. The van der Waals surface area contributed by atoms with Gasteiger partial charge in [-0.1, -0.05) is 13.8 Å². The third-order valence-corrected chi connectivity index (χ3v) is 3.92. The number of rotatable bonds is 5. The minimum absolute atomic E-state index is 0.0473. The number of hydrogen-bond donors (Lipinski definition) is 1. The van der Waals surface area contributed by atoms with E-state index in [9.17, 15) is 4.79 Å². The van der Waals surface area contributed by atoms with Gasteiger partial charge in [0.25, 0.3) is 0 Å². The smallest absolute Gasteiger partial charge is 0.239 e. The number of nitrogens with zero attached hydrogens (tertiary/aromatic N) is 2. The quantitative estimate of drug-likeness (QED) is 0.805. The highest BCUT2D eigenvalue weighted by Crippen LogP contribution is 2.17. The summed E-state index contributed by atoms with van der Waals surface area (Å²) in [5.74, 6) is 0.269. The van der Waals surface area contributed by atoms with Gasteiger partial charge < -0.3 is 10.6 Å². The van der Waals surface area contributed by atoms with Gasteiger partial charge in [0.05, 0.1) is 6.04 Å². The summed E-state index contributed by atoms with van der Waals surface area (Å²) in [7, 11) is 2.02. The molecule has 1 atom stereocenters. The van der Waals surface area contributed by atoms with E-state index in [2.05, 4.69) is 18.7 Å². The van der Waals surface area contributed by atoms with E-state index in [1.807, 2.05) is 18.9 Å². The number of piperidine rings is 1. The van der Waals surface area contributed by atoms with Crippen LogP contribution in [0.15, 0.2) is 0 Å². The van der Waals surface area contributed by atoms with Crippen LogP contribution in [0.25, 0.3) is 0 Å². The molecule has 0 aromatic carbocycles. The minimum atomic E-state index is -0.0473. The average Bonchev–Trinajstić information content (AvgIpc) is 2.37. The van der Waals surface area contributed by atoms with E-state index in [-0.39, 0.29) is 17.4 Å². The maximum Gasteiger partial charge on any atom is 0.239 e. The topological polar surface area (TPSA) is 49.6 Å². The number of likely N-dealkylation sites (N-methyl/N-ethyl adjacent to an activating group) is 1. The Hall–Kier alpha value is -0.610. The lowest BCUT2D eigenvalue weighted by Gasteiger charge is -2.36. The first kappa shape index (κ1) is 15.4. The van der Waals surface area contributed by atoms with E-state index in [1.165, 1.54) is 6.42 Å². The molecule has 1 saturated heterocycles. The van der Waals surface area contributed by atoms with Crippen LogP contribution in [0.5, 0.6) is 0 Å². The Morgan fingerprint density at radius 2 is 1.89 bits per heavy atom. The van der Waals surface area contributed by atoms with E-state index in [4.69, 9.17) is 5.73 Å². The first-order valence-electron chi connectivity index (χ1n) is 7.06. The molecule has 0 saturated carbocycles. The Bertz CT molecular complexity index is 272. The highest BCUT2D eigenvalue weighted by molar-refractivity contribution is 5.81. The molecule has 1 fully saturated rings. The van der Waals surface area contributed by atoms with Gasteiger partial charge in [-0.2, -0.15) is 0 Å². The molecule has 1 amide bonds. The molecule has 0 aromatic rings. The van der Waals surface area contributed by atoms with Crippen molar-refractivity contribution < 1.29 is 4.79 Å². The molecule has 4 heteroatoms. The van der Waals surface area contributed by atoms with Crippen molar-refractivity contribution in [3.05, 3.63) is 0 Å². The molecule has 1 aliphatic heterocycles. The molecule has 1 unspecified atom stereocenters. The van der Waals surface area contributed by atoms with Gasteiger partial charge in [-0.25, -0.2) is 0 Å². The van der Waals surface area contributed by atoms with Gasteiger partial charge in [0, 0.05) is 19.6 Å². The summed E-state index contributed by atoms with van der Waals surface area (Å²) in [5.41, 5.74) is 5.81. The molecular weight excluding hydrogens is 226 g/mol. The van der Waals surface area contributed by atoms with Gasteiger partial charge in [0.1, 0.15) is 0 Å². The number of carbonyl (C=O) groups is 1. The van der Waals surface area contributed by atoms with Crippen LogP contribution in [0, 0.1) is 5.41 Å². The van der Waals surface area contributed by atoms with E-state index in [1.54, 1.807) is 0 Å². The largest absolute Gasteiger partial charge is 0.341 e. The second-order valence-corrected chi connectivity index (χ2v) is 6.35. The number of likely N-dealkylation sites (tertiary alicyclic amines) is 1. The number of carbonyl (C=O) groups excluding carboxylic acids is 1. The maximum atomic E-state index is 12.4. The standard InChI is InChI=1S/C14H29N3O/c1-12(16(4)11-14(2,3)10-15)13(18)17-8-6-5-7-9-17/h12H,5-11,15H2,1-4H3. The molecule has 1 rings (SSSR count). The van der Waals surface area contributed by atoms with Gasteiger partial charge in [-0.05, 0) is 45.2 Å². The van der Waals surface area contributed by atoms with Crippen LogP contribution < -0.4 is 5.73 Å². The van der Waals surface area contributed by atoms with Crippen LogP contribution in [0.4, 0.5) is 0 Å². The summed E-state index contributed by atoms with van der Waals surface area (Å²) in [6.07, 6.45) is 3.56. The third-order valence-electron chi connectivity index (χ3n) is 3.92. The molecular formula is C14H29N3O. The van der Waals surface area contributed by atoms with Gasteiger partial charge in [0.15, 0.2) is 0 Å². The Balaban J connectivity index is 2.51. The average molecular weight is 255 g/mol. The summed E-state index contributed by atoms with van der Waals surface area (Å²) in [6, 6.07) is -0.0473. The first-order chi connectivity index (χ1) is 8.37. The molecule has 2 N–H and O–H groups in total. The van der Waals surface area contributed by atoms with Crippen LogP contribution in [-0.2, 0) is 4.79 Å². The number of amides is 1. The van der Waals surface area contributed by atoms with Crippen LogP contribution in [0.1, 0.15) is 40.0 Å². The number of nitrogens with two attached hydrogens (primary N) is 1. The normalized spacial score (nSPS) is 19.1. The molecule has 106 valence electrons. The Morgan fingerprint density at radius 3 is 2.39 bits per heavy atom. The summed E-state index contributed by atoms with van der Waals surface area (Å²) >= 11 is 0. The molecule has 18 heavy (non-hydrogen) atoms. The van der Waals surface area contributed by atoms with Crippen molar-refractivity contribution in [2.45, 2.75) is 46.1 Å². The fourth-order valence-electron chi connectivity index (χ4n) is 2.44. The van der Waals surface area contributed by atoms with Crippen LogP contribution in [0.3, 0.4) is 0 Å². The second kappa shape index (κ2) is 6.53. The van der Waals surface area contributed by atoms with Crippen LogP contribution >= 0.6 is 0 Å². The summed E-state index contributed by atoms with van der Waals surface area (Å²) in [4.78, 5) is 16.5. The zero-order valence-corrected chi connectivity index (χ0v) is 12.4. The summed E-state index contributed by atoms with van der Waals surface area (Å²) < 4.78 is 0. The van der Waals surface area contributed by atoms with E-state index in [0.717, 1.165) is 32.5 Å². The van der Waals surface area contributed by atoms with E-state index >= 15 is 0 Å². The highest BCUT2D eigenvalue weighted by Gasteiger charge is 2.28. The van der Waals surface area contributed by atoms with E-state index in [0.29, 0.717) is 6.54 Å². The third kappa shape index (κ3) is 4.25. The first-order valence-corrected chi connectivity index (χ1v) is 7.06. The minimum Gasteiger partial charge on any atom is -0.341 e. The molecule has 0 radical (unpaired) electrons. The molecule has 0 aromatic heterocycles.